The van der Waals surface area contributed by atoms with Gasteiger partial charge in [-0.05, 0) is 60.9 Å². The highest BCUT2D eigenvalue weighted by molar-refractivity contribution is 5.89. The molecule has 1 unspecified atom stereocenters. The van der Waals surface area contributed by atoms with Crippen LogP contribution < -0.4 is 10.6 Å². The van der Waals surface area contributed by atoms with Crippen molar-refractivity contribution in [2.24, 2.45) is 5.92 Å². The van der Waals surface area contributed by atoms with E-state index in [-0.39, 0.29) is 6.03 Å². The lowest BCUT2D eigenvalue weighted by Gasteiger charge is -2.09. The van der Waals surface area contributed by atoms with Crippen LogP contribution in [0.5, 0.6) is 0 Å². The van der Waals surface area contributed by atoms with Gasteiger partial charge in [0.2, 0.25) is 0 Å². The van der Waals surface area contributed by atoms with Crippen LogP contribution in [0.1, 0.15) is 22.3 Å². The fraction of sp³-hybridized carbons (Fsp3) is 0.240. The number of carbonyl (C=O) groups is 1. The Morgan fingerprint density at radius 3 is 2.64 bits per heavy atom. The molecule has 0 radical (unpaired) electrons. The van der Waals surface area contributed by atoms with Gasteiger partial charge in [0.1, 0.15) is 0 Å². The highest BCUT2D eigenvalue weighted by atomic mass is 16.2. The second-order valence-electron chi connectivity index (χ2n) is 7.33. The monoisotopic (exact) mass is 372 g/mol. The Kier molecular flexibility index (Phi) is 6.85. The summed E-state index contributed by atoms with van der Waals surface area (Å²) in [4.78, 5) is 12.0. The molecule has 144 valence electrons. The van der Waals surface area contributed by atoms with Crippen LogP contribution in [0.25, 0.3) is 0 Å². The van der Waals surface area contributed by atoms with E-state index >= 15 is 0 Å². The SMILES string of the molecule is C=C/C=C\C=C\CNC(=O)Nc1ccc2c(c1)CC(Cc1ccc(C)cc1)C2. The number of benzene rings is 2. The molecular weight excluding hydrogens is 344 g/mol. The van der Waals surface area contributed by atoms with Crippen molar-refractivity contribution < 1.29 is 4.79 Å². The molecule has 0 spiro atoms. The number of rotatable bonds is 7. The van der Waals surface area contributed by atoms with Gasteiger partial charge in [-0.3, -0.25) is 0 Å². The Hall–Kier alpha value is -3.07. The smallest absolute Gasteiger partial charge is 0.319 e. The molecule has 0 bridgehead atoms. The maximum Gasteiger partial charge on any atom is 0.319 e. The molecule has 0 heterocycles. The molecule has 0 aromatic heterocycles. The van der Waals surface area contributed by atoms with Crippen LogP contribution in [0, 0.1) is 12.8 Å². The molecule has 2 aromatic carbocycles. The molecule has 0 saturated heterocycles. The molecule has 28 heavy (non-hydrogen) atoms. The quantitative estimate of drug-likeness (QED) is 0.630. The highest BCUT2D eigenvalue weighted by Crippen LogP contribution is 2.31. The van der Waals surface area contributed by atoms with Gasteiger partial charge < -0.3 is 10.6 Å². The van der Waals surface area contributed by atoms with E-state index in [1.807, 2.05) is 30.4 Å². The fourth-order valence-corrected chi connectivity index (χ4v) is 3.61. The van der Waals surface area contributed by atoms with Crippen molar-refractivity contribution in [1.29, 1.82) is 0 Å². The first-order valence-electron chi connectivity index (χ1n) is 9.80. The lowest BCUT2D eigenvalue weighted by Crippen LogP contribution is -2.28. The minimum absolute atomic E-state index is 0.188. The van der Waals surface area contributed by atoms with E-state index in [1.54, 1.807) is 6.08 Å². The number of hydrogen-bond acceptors (Lipinski definition) is 1. The van der Waals surface area contributed by atoms with Crippen LogP contribution in [0.4, 0.5) is 10.5 Å². The molecule has 3 nitrogen and oxygen atoms in total. The van der Waals surface area contributed by atoms with E-state index in [0.29, 0.717) is 12.5 Å². The average Bonchev–Trinajstić information content (AvgIpc) is 3.08. The first kappa shape index (κ1) is 19.7. The van der Waals surface area contributed by atoms with E-state index in [4.69, 9.17) is 0 Å². The first-order chi connectivity index (χ1) is 13.6. The summed E-state index contributed by atoms with van der Waals surface area (Å²) in [5.74, 6) is 0.635. The Balaban J connectivity index is 1.50. The summed E-state index contributed by atoms with van der Waals surface area (Å²) in [6.45, 7) is 6.21. The normalized spacial score (nSPS) is 15.7. The minimum Gasteiger partial charge on any atom is -0.334 e. The van der Waals surface area contributed by atoms with Crippen molar-refractivity contribution in [2.45, 2.75) is 26.2 Å². The van der Waals surface area contributed by atoms with Crippen LogP contribution in [0.2, 0.25) is 0 Å². The van der Waals surface area contributed by atoms with Crippen LogP contribution in [-0.2, 0) is 19.3 Å². The maximum absolute atomic E-state index is 12.0. The number of hydrogen-bond donors (Lipinski definition) is 2. The van der Waals surface area contributed by atoms with Gasteiger partial charge in [0, 0.05) is 12.2 Å². The average molecular weight is 373 g/mol. The van der Waals surface area contributed by atoms with Crippen molar-refractivity contribution in [3.63, 3.8) is 0 Å². The molecule has 0 aliphatic heterocycles. The van der Waals surface area contributed by atoms with Gasteiger partial charge in [-0.25, -0.2) is 4.79 Å². The van der Waals surface area contributed by atoms with Gasteiger partial charge in [0.25, 0.3) is 0 Å². The van der Waals surface area contributed by atoms with Gasteiger partial charge in [-0.2, -0.15) is 0 Å². The minimum atomic E-state index is -0.188. The third kappa shape index (κ3) is 5.71. The van der Waals surface area contributed by atoms with Crippen LogP contribution in [0.15, 0.2) is 79.4 Å². The number of fused-ring (bicyclic) bond motifs is 1. The zero-order valence-corrected chi connectivity index (χ0v) is 16.4. The number of nitrogens with one attached hydrogen (secondary N) is 2. The molecule has 3 heteroatoms. The zero-order chi connectivity index (χ0) is 19.8. The van der Waals surface area contributed by atoms with Crippen molar-refractivity contribution in [2.75, 3.05) is 11.9 Å². The lowest BCUT2D eigenvalue weighted by molar-refractivity contribution is 0.253. The topological polar surface area (TPSA) is 41.1 Å². The highest BCUT2D eigenvalue weighted by Gasteiger charge is 2.22. The summed E-state index contributed by atoms with van der Waals surface area (Å²) >= 11 is 0. The van der Waals surface area contributed by atoms with Crippen molar-refractivity contribution in [3.05, 3.63) is 102 Å². The number of amides is 2. The molecule has 2 N–H and O–H groups in total. The predicted molar refractivity (Wildman–Crippen MR) is 118 cm³/mol. The Morgan fingerprint density at radius 2 is 1.86 bits per heavy atom. The molecule has 2 amide bonds. The summed E-state index contributed by atoms with van der Waals surface area (Å²) in [6, 6.07) is 14.9. The summed E-state index contributed by atoms with van der Waals surface area (Å²) < 4.78 is 0. The van der Waals surface area contributed by atoms with E-state index < -0.39 is 0 Å². The Bertz CT molecular complexity index is 878. The molecule has 0 fully saturated rings. The first-order valence-corrected chi connectivity index (χ1v) is 9.80. The standard InChI is InChI=1S/C25H28N2O/c1-3-4-5-6-7-14-26-25(28)27-24-13-12-22-16-21(17-23(22)18-24)15-20-10-8-19(2)9-11-20/h3-13,18,21H,1,14-17H2,2H3,(H2,26,27,28)/b5-4-,7-6+. The van der Waals surface area contributed by atoms with Gasteiger partial charge in [0.05, 0.1) is 0 Å². The number of anilines is 1. The van der Waals surface area contributed by atoms with Crippen LogP contribution in [0.3, 0.4) is 0 Å². The van der Waals surface area contributed by atoms with Gasteiger partial charge in [0.15, 0.2) is 0 Å². The largest absolute Gasteiger partial charge is 0.334 e. The van der Waals surface area contributed by atoms with E-state index in [9.17, 15) is 4.79 Å². The molecule has 2 aromatic rings. The third-order valence-corrected chi connectivity index (χ3v) is 5.00. The van der Waals surface area contributed by atoms with Crippen LogP contribution >= 0.6 is 0 Å². The van der Waals surface area contributed by atoms with Crippen molar-refractivity contribution >= 4 is 11.7 Å². The lowest BCUT2D eigenvalue weighted by atomic mass is 9.96. The second-order valence-corrected chi connectivity index (χ2v) is 7.33. The summed E-state index contributed by atoms with van der Waals surface area (Å²) in [7, 11) is 0. The van der Waals surface area contributed by atoms with E-state index in [2.05, 4.69) is 60.5 Å². The van der Waals surface area contributed by atoms with E-state index in [0.717, 1.165) is 24.9 Å². The number of urea groups is 1. The molecule has 1 aliphatic carbocycles. The van der Waals surface area contributed by atoms with E-state index in [1.165, 1.54) is 22.3 Å². The van der Waals surface area contributed by atoms with Gasteiger partial charge >= 0.3 is 6.03 Å². The predicted octanol–water partition coefficient (Wildman–Crippen LogP) is 5.37. The van der Waals surface area contributed by atoms with Crippen LogP contribution in [-0.4, -0.2) is 12.6 Å². The van der Waals surface area contributed by atoms with Gasteiger partial charge in [-0.15, -0.1) is 0 Å². The van der Waals surface area contributed by atoms with Crippen molar-refractivity contribution in [3.8, 4) is 0 Å². The molecule has 3 rings (SSSR count). The third-order valence-electron chi connectivity index (χ3n) is 5.00. The number of carbonyl (C=O) groups excluding carboxylic acids is 1. The molecular formula is C25H28N2O. The number of allylic oxidation sites excluding steroid dienone is 4. The maximum atomic E-state index is 12.0. The zero-order valence-electron chi connectivity index (χ0n) is 16.4. The molecule has 0 saturated carbocycles. The van der Waals surface area contributed by atoms with Gasteiger partial charge in [-0.1, -0.05) is 72.9 Å². The summed E-state index contributed by atoms with van der Waals surface area (Å²) in [5, 5.41) is 5.75. The molecule has 1 aliphatic rings. The number of aryl methyl sites for hydroxylation is 1. The summed E-state index contributed by atoms with van der Waals surface area (Å²) in [5.41, 5.74) is 6.31. The Labute approximate surface area is 167 Å². The summed E-state index contributed by atoms with van der Waals surface area (Å²) in [6.07, 6.45) is 12.5. The Morgan fingerprint density at radius 1 is 1.07 bits per heavy atom. The van der Waals surface area contributed by atoms with Crippen molar-refractivity contribution in [1.82, 2.24) is 5.32 Å². The second kappa shape index (κ2) is 9.75. The molecule has 1 atom stereocenters. The fourth-order valence-electron chi connectivity index (χ4n) is 3.61.